The molecule has 1 aromatic heterocycles. The van der Waals surface area contributed by atoms with Gasteiger partial charge in [0.1, 0.15) is 17.0 Å². The number of carbonyl (C=O) groups excluding carboxylic acids is 1. The Morgan fingerprint density at radius 2 is 1.61 bits per heavy atom. The van der Waals surface area contributed by atoms with Gasteiger partial charge < -0.3 is 13.9 Å². The maximum absolute atomic E-state index is 12.1. The van der Waals surface area contributed by atoms with Crippen LogP contribution in [-0.4, -0.2) is 17.8 Å². The van der Waals surface area contributed by atoms with Gasteiger partial charge in [-0.3, -0.25) is 0 Å². The van der Waals surface area contributed by atoms with Crippen LogP contribution < -0.4 is 15.2 Å². The van der Waals surface area contributed by atoms with E-state index in [4.69, 9.17) is 13.9 Å². The smallest absolute Gasteiger partial charge is 0.429 e. The van der Waals surface area contributed by atoms with E-state index < -0.39 is 11.8 Å². The maximum Gasteiger partial charge on any atom is 0.429 e. The average molecular weight is 315 g/mol. The standard InChI is InChI=1S/C15H11NO5.C2H6/c1-19-10-6-8-11(9-7-10)20-14(17)16-12-4-2-3-5-13(12)21-15(16)18;1-2/h2-9H,1H3;1-2H3. The molecule has 0 aliphatic rings. The van der Waals surface area contributed by atoms with Crippen LogP contribution in [0.5, 0.6) is 11.5 Å². The fraction of sp³-hybridized carbons (Fsp3) is 0.176. The minimum atomic E-state index is -0.824. The lowest BCUT2D eigenvalue weighted by Gasteiger charge is -2.05. The molecule has 0 atom stereocenters. The molecule has 2 aromatic carbocycles. The molecule has 3 aromatic rings. The summed E-state index contributed by atoms with van der Waals surface area (Å²) < 4.78 is 16.0. The van der Waals surface area contributed by atoms with Crippen molar-refractivity contribution in [3.8, 4) is 11.5 Å². The molecule has 0 bridgehead atoms. The van der Waals surface area contributed by atoms with Gasteiger partial charge in [0, 0.05) is 0 Å². The zero-order valence-electron chi connectivity index (χ0n) is 13.1. The van der Waals surface area contributed by atoms with Crippen molar-refractivity contribution < 1.29 is 18.7 Å². The van der Waals surface area contributed by atoms with Crippen molar-refractivity contribution in [2.45, 2.75) is 13.8 Å². The fourth-order valence-electron chi connectivity index (χ4n) is 1.93. The average Bonchev–Trinajstić information content (AvgIpc) is 2.93. The van der Waals surface area contributed by atoms with Crippen molar-refractivity contribution in [1.82, 2.24) is 4.57 Å². The molecule has 0 aliphatic carbocycles. The molecule has 6 heteroatoms. The number of oxazole rings is 1. The Morgan fingerprint density at radius 3 is 2.26 bits per heavy atom. The van der Waals surface area contributed by atoms with Crippen molar-refractivity contribution in [2.24, 2.45) is 0 Å². The van der Waals surface area contributed by atoms with Crippen LogP contribution in [0.3, 0.4) is 0 Å². The lowest BCUT2D eigenvalue weighted by atomic mass is 10.3. The van der Waals surface area contributed by atoms with Gasteiger partial charge in [-0.25, -0.2) is 9.59 Å². The summed E-state index contributed by atoms with van der Waals surface area (Å²) in [5.41, 5.74) is 0.690. The van der Waals surface area contributed by atoms with Crippen LogP contribution in [0.15, 0.2) is 57.7 Å². The summed E-state index contributed by atoms with van der Waals surface area (Å²) >= 11 is 0. The number of hydrogen-bond acceptors (Lipinski definition) is 5. The van der Waals surface area contributed by atoms with Gasteiger partial charge in [0.15, 0.2) is 5.58 Å². The number of carbonyl (C=O) groups is 1. The summed E-state index contributed by atoms with van der Waals surface area (Å²) in [4.78, 5) is 23.9. The van der Waals surface area contributed by atoms with Crippen LogP contribution in [0.2, 0.25) is 0 Å². The quantitative estimate of drug-likeness (QED) is 0.721. The van der Waals surface area contributed by atoms with Crippen LogP contribution in [0.1, 0.15) is 13.8 Å². The van der Waals surface area contributed by atoms with Crippen LogP contribution in [0, 0.1) is 0 Å². The Balaban J connectivity index is 0.000000924. The summed E-state index contributed by atoms with van der Waals surface area (Å²) in [7, 11) is 1.54. The van der Waals surface area contributed by atoms with Crippen molar-refractivity contribution in [2.75, 3.05) is 7.11 Å². The van der Waals surface area contributed by atoms with Crippen molar-refractivity contribution in [1.29, 1.82) is 0 Å². The molecule has 0 aliphatic heterocycles. The maximum atomic E-state index is 12.1. The number of para-hydroxylation sites is 2. The lowest BCUT2D eigenvalue weighted by Crippen LogP contribution is -2.26. The van der Waals surface area contributed by atoms with Crippen molar-refractivity contribution in [3.63, 3.8) is 0 Å². The van der Waals surface area contributed by atoms with Gasteiger partial charge in [0.25, 0.3) is 0 Å². The van der Waals surface area contributed by atoms with E-state index in [1.165, 1.54) is 7.11 Å². The topological polar surface area (TPSA) is 70.7 Å². The third-order valence-electron chi connectivity index (χ3n) is 2.93. The summed E-state index contributed by atoms with van der Waals surface area (Å²) in [5, 5.41) is 0. The monoisotopic (exact) mass is 315 g/mol. The van der Waals surface area contributed by atoms with E-state index in [2.05, 4.69) is 0 Å². The minimum absolute atomic E-state index is 0.304. The molecule has 0 fully saturated rings. The van der Waals surface area contributed by atoms with E-state index in [-0.39, 0.29) is 0 Å². The molecule has 3 rings (SSSR count). The molecule has 0 saturated carbocycles. The SMILES string of the molecule is CC.COc1ccc(OC(=O)n2c(=O)oc3ccccc32)cc1. The van der Waals surface area contributed by atoms with Crippen molar-refractivity contribution >= 4 is 17.2 Å². The Kier molecular flexibility index (Phi) is 5.19. The number of benzene rings is 2. The summed E-state index contributed by atoms with van der Waals surface area (Å²) in [6.07, 6.45) is -0.824. The van der Waals surface area contributed by atoms with Crippen molar-refractivity contribution in [3.05, 3.63) is 59.1 Å². The zero-order valence-corrected chi connectivity index (χ0v) is 13.1. The van der Waals surface area contributed by atoms with Gasteiger partial charge in [0.2, 0.25) is 0 Å². The second-order valence-corrected chi connectivity index (χ2v) is 4.21. The molecule has 0 amide bonds. The molecule has 0 saturated heterocycles. The van der Waals surface area contributed by atoms with Crippen LogP contribution in [0.4, 0.5) is 4.79 Å². The molecule has 0 spiro atoms. The van der Waals surface area contributed by atoms with Crippen LogP contribution in [0.25, 0.3) is 11.1 Å². The first-order chi connectivity index (χ1) is 11.2. The minimum Gasteiger partial charge on any atom is -0.497 e. The number of nitrogens with zero attached hydrogens (tertiary/aromatic N) is 1. The van der Waals surface area contributed by atoms with Gasteiger partial charge in [-0.1, -0.05) is 26.0 Å². The Bertz CT molecular complexity index is 845. The highest BCUT2D eigenvalue weighted by molar-refractivity contribution is 5.85. The zero-order chi connectivity index (χ0) is 16.8. The number of hydrogen-bond donors (Lipinski definition) is 0. The number of aromatic nitrogens is 1. The van der Waals surface area contributed by atoms with E-state index in [1.807, 2.05) is 13.8 Å². The molecule has 120 valence electrons. The Morgan fingerprint density at radius 1 is 1.00 bits per heavy atom. The summed E-state index contributed by atoms with van der Waals surface area (Å²) in [5.74, 6) is 0.161. The second-order valence-electron chi connectivity index (χ2n) is 4.21. The highest BCUT2D eigenvalue weighted by Crippen LogP contribution is 2.18. The number of rotatable bonds is 2. The Hall–Kier alpha value is -3.02. The first kappa shape index (κ1) is 16.4. The van der Waals surface area contributed by atoms with Crippen LogP contribution in [-0.2, 0) is 0 Å². The highest BCUT2D eigenvalue weighted by atomic mass is 16.6. The third-order valence-corrected chi connectivity index (χ3v) is 2.93. The first-order valence-corrected chi connectivity index (χ1v) is 7.16. The van der Waals surface area contributed by atoms with E-state index in [0.717, 1.165) is 4.57 Å². The molecule has 0 N–H and O–H groups in total. The van der Waals surface area contributed by atoms with Crippen LogP contribution >= 0.6 is 0 Å². The largest absolute Gasteiger partial charge is 0.497 e. The van der Waals surface area contributed by atoms with E-state index >= 15 is 0 Å². The van der Waals surface area contributed by atoms with Gasteiger partial charge >= 0.3 is 11.8 Å². The van der Waals surface area contributed by atoms with Gasteiger partial charge in [-0.05, 0) is 36.4 Å². The predicted octanol–water partition coefficient (Wildman–Crippen LogP) is 3.68. The molecule has 23 heavy (non-hydrogen) atoms. The van der Waals surface area contributed by atoms with E-state index in [0.29, 0.717) is 22.6 Å². The molecule has 1 heterocycles. The summed E-state index contributed by atoms with van der Waals surface area (Å²) in [6.45, 7) is 4.00. The molecular formula is C17H17NO5. The molecule has 0 radical (unpaired) electrons. The molecular weight excluding hydrogens is 298 g/mol. The third kappa shape index (κ3) is 3.42. The summed E-state index contributed by atoms with van der Waals surface area (Å²) in [6, 6.07) is 13.1. The number of fused-ring (bicyclic) bond motifs is 1. The Labute approximate surface area is 132 Å². The van der Waals surface area contributed by atoms with Gasteiger partial charge in [0.05, 0.1) is 7.11 Å². The second kappa shape index (κ2) is 7.31. The first-order valence-electron chi connectivity index (χ1n) is 7.16. The highest BCUT2D eigenvalue weighted by Gasteiger charge is 2.17. The predicted molar refractivity (Wildman–Crippen MR) is 86.2 cm³/mol. The molecule has 6 nitrogen and oxygen atoms in total. The number of methoxy groups -OCH3 is 1. The number of ether oxygens (including phenoxy) is 2. The lowest BCUT2D eigenvalue weighted by molar-refractivity contribution is 0.201. The normalized spacial score (nSPS) is 9.87. The van der Waals surface area contributed by atoms with E-state index in [1.54, 1.807) is 48.5 Å². The van der Waals surface area contributed by atoms with E-state index in [9.17, 15) is 9.59 Å². The fourth-order valence-corrected chi connectivity index (χ4v) is 1.93. The molecule has 0 unspecified atom stereocenters. The van der Waals surface area contributed by atoms with Gasteiger partial charge in [-0.2, -0.15) is 4.57 Å². The van der Waals surface area contributed by atoms with Gasteiger partial charge in [-0.15, -0.1) is 0 Å².